The average molecular weight is 1100 g/mol. The van der Waals surface area contributed by atoms with Gasteiger partial charge < -0.3 is 14.0 Å². The number of para-hydroxylation sites is 2. The van der Waals surface area contributed by atoms with Crippen LogP contribution in [0, 0.1) is 25.8 Å². The van der Waals surface area contributed by atoms with Gasteiger partial charge in [0.15, 0.2) is 0 Å². The van der Waals surface area contributed by atoms with Crippen LogP contribution in [0.2, 0.25) is 19.6 Å². The summed E-state index contributed by atoms with van der Waals surface area (Å²) in [7, 11) is -1.40. The molecule has 0 amide bonds. The van der Waals surface area contributed by atoms with Gasteiger partial charge in [0, 0.05) is 45.6 Å². The second-order valence-corrected chi connectivity index (χ2v) is 25.6. The largest absolute Gasteiger partial charge is 0.501 e. The molecule has 3 heterocycles. The summed E-state index contributed by atoms with van der Waals surface area (Å²) in [5, 5.41) is 3.64. The van der Waals surface area contributed by atoms with Gasteiger partial charge in [-0.1, -0.05) is 176 Å². The SMILES string of the molecule is CC(C)c1cc(-c2ccc([Si](C)(C)C)cc2)cc(C(C)C)c1-n1c(-c2[c-]ccc3c2oc2cc(-c4ccccc4)ccc23)nc2ccccc21.[2H]C([2H])([2H])c1c[c-]c(-c2cc(C(C)(C)C)c(C([2H])([2H])[2H])cn2)cc1.[Ir]. The van der Waals surface area contributed by atoms with E-state index in [1.165, 1.54) is 57.0 Å². The molecule has 0 N–H and O–H groups in total. The maximum Gasteiger partial charge on any atom is 0.121 e. The number of furan rings is 1. The number of hydrogen-bond donors (Lipinski definition) is 0. The molecule has 10 rings (SSSR count). The van der Waals surface area contributed by atoms with E-state index in [2.05, 4.69) is 178 Å². The molecule has 0 spiro atoms. The van der Waals surface area contributed by atoms with Crippen LogP contribution in [-0.4, -0.2) is 22.6 Å². The molecule has 0 fully saturated rings. The Hall–Kier alpha value is -6.17. The maximum atomic E-state index is 7.69. The molecule has 0 aliphatic heterocycles. The molecule has 4 nitrogen and oxygen atoms in total. The molecule has 3 aromatic heterocycles. The second-order valence-electron chi connectivity index (χ2n) is 20.5. The van der Waals surface area contributed by atoms with Crippen LogP contribution in [-0.2, 0) is 25.5 Å². The number of benzene rings is 7. The van der Waals surface area contributed by atoms with Crippen LogP contribution in [0.1, 0.15) is 96.3 Å². The third-order valence-electron chi connectivity index (χ3n) is 12.8. The number of aromatic nitrogens is 3. The summed E-state index contributed by atoms with van der Waals surface area (Å²) in [5.41, 5.74) is 15.2. The zero-order valence-electron chi connectivity index (χ0n) is 47.2. The Balaban J connectivity index is 0.000000252. The van der Waals surface area contributed by atoms with Crippen molar-refractivity contribution in [2.75, 3.05) is 0 Å². The van der Waals surface area contributed by atoms with Gasteiger partial charge in [-0.3, -0.25) is 4.98 Å². The molecular formula is C63H63IrN3OSi-2. The predicted octanol–water partition coefficient (Wildman–Crippen LogP) is 17.0. The topological polar surface area (TPSA) is 43.9 Å². The zero-order chi connectivity index (χ0) is 53.1. The molecule has 1 radical (unpaired) electrons. The first-order chi connectivity index (χ1) is 34.9. The molecule has 10 aromatic rings. The average Bonchev–Trinajstić information content (AvgIpc) is 3.94. The van der Waals surface area contributed by atoms with Crippen molar-refractivity contribution in [3.8, 4) is 50.6 Å². The van der Waals surface area contributed by atoms with Gasteiger partial charge in [-0.2, -0.15) is 0 Å². The fraction of sp³-hybridized carbons (Fsp3) is 0.238. The molecule has 0 unspecified atom stereocenters. The number of pyridine rings is 1. The monoisotopic (exact) mass is 1100 g/mol. The van der Waals surface area contributed by atoms with Crippen LogP contribution >= 0.6 is 0 Å². The Morgan fingerprint density at radius 1 is 0.681 bits per heavy atom. The summed E-state index contributed by atoms with van der Waals surface area (Å²) in [6.45, 7) is 17.9. The van der Waals surface area contributed by atoms with Crippen LogP contribution in [0.5, 0.6) is 0 Å². The van der Waals surface area contributed by atoms with E-state index in [0.29, 0.717) is 16.8 Å². The minimum absolute atomic E-state index is 0. The Bertz CT molecular complexity index is 3630. The quantitative estimate of drug-likeness (QED) is 0.112. The van der Waals surface area contributed by atoms with Crippen LogP contribution in [0.15, 0.2) is 156 Å². The van der Waals surface area contributed by atoms with Gasteiger partial charge in [0.25, 0.3) is 0 Å². The van der Waals surface area contributed by atoms with Crippen molar-refractivity contribution in [3.63, 3.8) is 0 Å². The molecule has 0 saturated heterocycles. The minimum Gasteiger partial charge on any atom is -0.501 e. The molecule has 0 atom stereocenters. The molecule has 0 bridgehead atoms. The first-order valence-corrected chi connectivity index (χ1v) is 27.1. The number of imidazole rings is 1. The number of aryl methyl sites for hydroxylation is 2. The van der Waals surface area contributed by atoms with E-state index >= 15 is 0 Å². The van der Waals surface area contributed by atoms with Crippen molar-refractivity contribution < 1.29 is 32.7 Å². The van der Waals surface area contributed by atoms with Crippen molar-refractivity contribution in [3.05, 3.63) is 192 Å². The van der Waals surface area contributed by atoms with E-state index in [9.17, 15) is 0 Å². The second kappa shape index (κ2) is 19.7. The third-order valence-corrected chi connectivity index (χ3v) is 14.9. The number of fused-ring (bicyclic) bond motifs is 4. The summed E-state index contributed by atoms with van der Waals surface area (Å²) >= 11 is 0. The first-order valence-electron chi connectivity index (χ1n) is 26.6. The van der Waals surface area contributed by atoms with E-state index < -0.39 is 21.8 Å². The van der Waals surface area contributed by atoms with E-state index in [4.69, 9.17) is 17.6 Å². The zero-order valence-corrected chi connectivity index (χ0v) is 44.6. The Morgan fingerprint density at radius 2 is 1.36 bits per heavy atom. The fourth-order valence-electron chi connectivity index (χ4n) is 9.09. The van der Waals surface area contributed by atoms with Gasteiger partial charge in [-0.15, -0.1) is 53.6 Å². The standard InChI is InChI=1S/C46H43N2OSi.C17H20N.Ir/c1-29(2)39-26-34(32-20-23-35(24-21-32)50(5,6)7)27-40(30(3)4)44(39)48-42-19-12-11-18-41(42)47-46(48)38-17-13-16-37-36-25-22-33(28-43(36)49-45(37)38)31-14-9-8-10-15-31;1-12-6-8-14(9-7-12)16-10-15(17(3,4)5)13(2)11-18-16;/h8-16,18-30H,1-7H3;6-8,10-11H,1-5H3;/q2*-1;/i;1D3,2D3;. The van der Waals surface area contributed by atoms with Gasteiger partial charge in [-0.25, -0.2) is 0 Å². The number of hydrogen-bond acceptors (Lipinski definition) is 3. The minimum atomic E-state index is -2.23. The fourth-order valence-corrected chi connectivity index (χ4v) is 10.3. The van der Waals surface area contributed by atoms with Crippen molar-refractivity contribution >= 4 is 46.2 Å². The summed E-state index contributed by atoms with van der Waals surface area (Å²) in [4.78, 5) is 9.58. The van der Waals surface area contributed by atoms with Crippen molar-refractivity contribution in [1.29, 1.82) is 0 Å². The van der Waals surface area contributed by atoms with E-state index in [1.807, 2.05) is 32.9 Å². The summed E-state index contributed by atoms with van der Waals surface area (Å²) in [6.07, 6.45) is 1.38. The van der Waals surface area contributed by atoms with Crippen LogP contribution in [0.3, 0.4) is 0 Å². The Labute approximate surface area is 432 Å². The smallest absolute Gasteiger partial charge is 0.121 e. The van der Waals surface area contributed by atoms with Crippen LogP contribution in [0.4, 0.5) is 0 Å². The Morgan fingerprint density at radius 3 is 2.00 bits per heavy atom. The van der Waals surface area contributed by atoms with Crippen molar-refractivity contribution in [2.45, 2.75) is 99.1 Å². The molecule has 7 aromatic carbocycles. The van der Waals surface area contributed by atoms with Crippen molar-refractivity contribution in [2.24, 2.45) is 0 Å². The van der Waals surface area contributed by atoms with E-state index in [0.717, 1.165) is 49.9 Å². The van der Waals surface area contributed by atoms with Gasteiger partial charge in [0.1, 0.15) is 5.58 Å². The normalized spacial score (nSPS) is 13.6. The van der Waals surface area contributed by atoms with Gasteiger partial charge >= 0.3 is 0 Å². The summed E-state index contributed by atoms with van der Waals surface area (Å²) in [5.74, 6) is 1.40. The van der Waals surface area contributed by atoms with Gasteiger partial charge in [0.05, 0.1) is 30.5 Å². The van der Waals surface area contributed by atoms with Gasteiger partial charge in [0.2, 0.25) is 0 Å². The molecule has 0 aliphatic rings. The van der Waals surface area contributed by atoms with E-state index in [-0.39, 0.29) is 48.5 Å². The molecule has 351 valence electrons. The first kappa shape index (κ1) is 41.8. The number of nitrogens with zero attached hydrogens (tertiary/aromatic N) is 3. The number of rotatable bonds is 8. The van der Waals surface area contributed by atoms with Gasteiger partial charge in [-0.05, 0) is 105 Å². The van der Waals surface area contributed by atoms with E-state index in [1.54, 1.807) is 12.1 Å². The van der Waals surface area contributed by atoms with Crippen LogP contribution < -0.4 is 5.19 Å². The van der Waals surface area contributed by atoms with Crippen molar-refractivity contribution in [1.82, 2.24) is 14.5 Å². The summed E-state index contributed by atoms with van der Waals surface area (Å²) in [6, 6.07) is 56.6. The molecule has 6 heteroatoms. The maximum absolute atomic E-state index is 7.69. The molecule has 0 aliphatic carbocycles. The Kier molecular flexibility index (Phi) is 11.9. The molecule has 0 saturated carbocycles. The molecular weight excluding hydrogens is 1040 g/mol. The molecule has 69 heavy (non-hydrogen) atoms. The predicted molar refractivity (Wildman–Crippen MR) is 291 cm³/mol. The van der Waals surface area contributed by atoms with Crippen LogP contribution in [0.25, 0.3) is 83.6 Å². The third kappa shape index (κ3) is 9.99. The summed E-state index contributed by atoms with van der Waals surface area (Å²) < 4.78 is 54.4.